The fourth-order valence-electron chi connectivity index (χ4n) is 8.84. The van der Waals surface area contributed by atoms with E-state index in [1.54, 1.807) is 0 Å². The Morgan fingerprint density at radius 1 is 0.493 bits per heavy atom. The van der Waals surface area contributed by atoms with Gasteiger partial charge < -0.3 is 20.4 Å². The Kier molecular flexibility index (Phi) is 32.6. The number of thioether (sulfide) groups is 2. The number of benzene rings is 2. The van der Waals surface area contributed by atoms with Crippen LogP contribution < -0.4 is 0 Å². The molecule has 0 fully saturated rings. The van der Waals surface area contributed by atoms with E-state index in [-0.39, 0.29) is 16.1 Å². The molecule has 2 atom stereocenters. The van der Waals surface area contributed by atoms with Gasteiger partial charge in [0.05, 0.1) is 0 Å². The lowest BCUT2D eigenvalue weighted by Gasteiger charge is -2.29. The van der Waals surface area contributed by atoms with Gasteiger partial charge in [0.1, 0.15) is 21.5 Å². The van der Waals surface area contributed by atoms with Gasteiger partial charge in [-0.2, -0.15) is 0 Å². The lowest BCUT2D eigenvalue weighted by molar-refractivity contribution is -0.139. The zero-order valence-corrected chi connectivity index (χ0v) is 46.7. The van der Waals surface area contributed by atoms with Crippen molar-refractivity contribution in [1.82, 2.24) is 0 Å². The monoisotopic (exact) mass is 971 g/mol. The molecular weight excluding hydrogens is 869 g/mol. The Morgan fingerprint density at radius 2 is 0.836 bits per heavy atom. The van der Waals surface area contributed by atoms with E-state index < -0.39 is 16.7 Å². The molecule has 0 aliphatic heterocycles. The quantitative estimate of drug-likeness (QED) is 0.0499. The molecule has 2 aromatic carbocycles. The minimum Gasteiger partial charge on any atom is -0.507 e. The number of carboxylic acids is 2. The number of phenols is 2. The Labute approximate surface area is 420 Å². The summed E-state index contributed by atoms with van der Waals surface area (Å²) in [6.07, 6.45) is 35.4. The topological polar surface area (TPSA) is 115 Å². The molecule has 0 radical (unpaired) electrons. The third kappa shape index (κ3) is 27.6. The Balaban J connectivity index is 0.000000670. The molecule has 0 saturated heterocycles. The van der Waals surface area contributed by atoms with Gasteiger partial charge in [0.15, 0.2) is 0 Å². The van der Waals surface area contributed by atoms with Crippen LogP contribution in [0.3, 0.4) is 0 Å². The summed E-state index contributed by atoms with van der Waals surface area (Å²) >= 11 is 3.04. The first-order valence-corrected chi connectivity index (χ1v) is 29.1. The first-order chi connectivity index (χ1) is 31.7. The van der Waals surface area contributed by atoms with E-state index in [2.05, 4.69) is 67.5 Å². The average Bonchev–Trinajstić information content (AvgIpc) is 3.25. The lowest BCUT2D eigenvalue weighted by atomic mass is 9.78. The number of aliphatic carboxylic acids is 2. The highest BCUT2D eigenvalue weighted by molar-refractivity contribution is 8.00. The molecule has 67 heavy (non-hydrogen) atoms. The number of aromatic hydroxyl groups is 2. The van der Waals surface area contributed by atoms with Crippen molar-refractivity contribution in [1.29, 1.82) is 0 Å². The number of aryl methyl sites for hydroxylation is 2. The van der Waals surface area contributed by atoms with Gasteiger partial charge in [-0.25, -0.2) is 0 Å². The molecule has 2 unspecified atom stereocenters. The summed E-state index contributed by atoms with van der Waals surface area (Å²) in [5.41, 5.74) is 5.39. The largest absolute Gasteiger partial charge is 0.507 e. The van der Waals surface area contributed by atoms with Crippen LogP contribution in [0.5, 0.6) is 11.5 Å². The maximum Gasteiger partial charge on any atom is 0.319 e. The van der Waals surface area contributed by atoms with Gasteiger partial charge in [-0.1, -0.05) is 247 Å². The van der Waals surface area contributed by atoms with Crippen LogP contribution in [0, 0.1) is 13.8 Å². The molecule has 6 nitrogen and oxygen atoms in total. The van der Waals surface area contributed by atoms with Gasteiger partial charge >= 0.3 is 11.9 Å². The second-order valence-corrected chi connectivity index (χ2v) is 24.8. The minimum atomic E-state index is -0.790. The Hall–Kier alpha value is -2.32. The van der Waals surface area contributed by atoms with Crippen molar-refractivity contribution in [2.75, 3.05) is 0 Å². The third-order valence-electron chi connectivity index (χ3n) is 13.4. The second-order valence-electron chi connectivity index (χ2n) is 22.1. The molecule has 4 N–H and O–H groups in total. The standard InChI is InChI=1S/C30H52O3S.C29H50O3S/c1-9-10-11-12-13-14-15-16-17-18-19-30(8,27(32)33)34-22-23-20-24(28(2,3)4)26(31)25(21-23)29(5,6)7;1-4-5-6-7-8-9-10-11-12-13-14-15-16-17-18-19-20-27(29(31)32)33-23-26-21-24(2)28(30)25(3)22-26/h20-21,31H,9-19,22H2,1-8H3,(H,32,33);21-22,27,30H,4-20,23H2,1-3H3,(H,31,32). The Bertz CT molecular complexity index is 1580. The lowest BCUT2D eigenvalue weighted by Crippen LogP contribution is -2.31. The molecule has 0 amide bonds. The van der Waals surface area contributed by atoms with Crippen LogP contribution in [0.15, 0.2) is 24.3 Å². The molecule has 0 spiro atoms. The second kappa shape index (κ2) is 34.9. The molecule has 0 bridgehead atoms. The predicted octanol–water partition coefficient (Wildman–Crippen LogP) is 18.7. The van der Waals surface area contributed by atoms with Crippen LogP contribution in [0.4, 0.5) is 0 Å². The van der Waals surface area contributed by atoms with E-state index in [1.165, 1.54) is 165 Å². The highest BCUT2D eigenvalue weighted by Crippen LogP contribution is 2.42. The fourth-order valence-corrected chi connectivity index (χ4v) is 10.9. The van der Waals surface area contributed by atoms with E-state index >= 15 is 0 Å². The summed E-state index contributed by atoms with van der Waals surface area (Å²) in [5, 5.41) is 40.1. The highest BCUT2D eigenvalue weighted by Gasteiger charge is 2.34. The first kappa shape index (κ1) is 62.7. The normalized spacial score (nSPS) is 13.2. The van der Waals surface area contributed by atoms with Crippen molar-refractivity contribution in [3.63, 3.8) is 0 Å². The number of rotatable bonds is 36. The average molecular weight is 972 g/mol. The van der Waals surface area contributed by atoms with Crippen molar-refractivity contribution in [3.05, 3.63) is 57.6 Å². The molecule has 0 aliphatic carbocycles. The number of phenolic OH excluding ortho intramolecular Hbond substituents is 2. The van der Waals surface area contributed by atoms with Crippen molar-refractivity contribution in [2.24, 2.45) is 0 Å². The van der Waals surface area contributed by atoms with Gasteiger partial charge in [0, 0.05) is 11.5 Å². The summed E-state index contributed by atoms with van der Waals surface area (Å²) in [6.45, 7) is 22.8. The van der Waals surface area contributed by atoms with Gasteiger partial charge in [0.2, 0.25) is 0 Å². The number of unbranched alkanes of at least 4 members (excludes halogenated alkanes) is 24. The van der Waals surface area contributed by atoms with Crippen molar-refractivity contribution >= 4 is 35.5 Å². The Morgan fingerprint density at radius 3 is 1.18 bits per heavy atom. The molecule has 2 rings (SSSR count). The molecule has 2 aromatic rings. The summed E-state index contributed by atoms with van der Waals surface area (Å²) < 4.78 is -0.790. The number of hydrogen-bond acceptors (Lipinski definition) is 6. The maximum atomic E-state index is 12.2. The molecule has 386 valence electrons. The van der Waals surface area contributed by atoms with E-state index in [1.807, 2.05) is 32.9 Å². The smallest absolute Gasteiger partial charge is 0.319 e. The van der Waals surface area contributed by atoms with E-state index in [0.29, 0.717) is 29.4 Å². The van der Waals surface area contributed by atoms with Crippen LogP contribution in [-0.4, -0.2) is 42.4 Å². The minimum absolute atomic E-state index is 0.184. The molecule has 0 aliphatic rings. The molecule has 0 saturated carbocycles. The molecule has 8 heteroatoms. The van der Waals surface area contributed by atoms with Crippen LogP contribution in [0.2, 0.25) is 0 Å². The SMILES string of the molecule is CCCCCCCCCCCCC(C)(SCc1cc(C(C)(C)C)c(O)c(C(C)(C)C)c1)C(=O)O.CCCCCCCCCCCCCCCCCCC(SCc1cc(C)c(O)c(C)c1)C(=O)O. The van der Waals surface area contributed by atoms with E-state index in [4.69, 9.17) is 0 Å². The van der Waals surface area contributed by atoms with Crippen LogP contribution >= 0.6 is 23.5 Å². The van der Waals surface area contributed by atoms with Gasteiger partial charge in [-0.3, -0.25) is 9.59 Å². The predicted molar refractivity (Wildman–Crippen MR) is 294 cm³/mol. The molecule has 0 aromatic heterocycles. The summed E-state index contributed by atoms with van der Waals surface area (Å²) in [7, 11) is 0. The zero-order chi connectivity index (χ0) is 50.3. The first-order valence-electron chi connectivity index (χ1n) is 27.1. The van der Waals surface area contributed by atoms with Crippen molar-refractivity contribution in [3.8, 4) is 11.5 Å². The van der Waals surface area contributed by atoms with Crippen molar-refractivity contribution < 1.29 is 30.0 Å². The summed E-state index contributed by atoms with van der Waals surface area (Å²) in [4.78, 5) is 23.8. The maximum absolute atomic E-state index is 12.2. The number of carbonyl (C=O) groups is 2. The van der Waals surface area contributed by atoms with Crippen LogP contribution in [0.1, 0.15) is 275 Å². The highest BCUT2D eigenvalue weighted by atomic mass is 32.2. The van der Waals surface area contributed by atoms with Gasteiger partial charge in [-0.05, 0) is 77.8 Å². The van der Waals surface area contributed by atoms with E-state index in [0.717, 1.165) is 65.5 Å². The summed E-state index contributed by atoms with van der Waals surface area (Å²) in [6, 6.07) is 8.06. The fraction of sp³-hybridized carbons (Fsp3) is 0.763. The summed E-state index contributed by atoms with van der Waals surface area (Å²) in [5.74, 6) is 0.601. The van der Waals surface area contributed by atoms with Gasteiger partial charge in [0.25, 0.3) is 0 Å². The van der Waals surface area contributed by atoms with E-state index in [9.17, 15) is 30.0 Å². The van der Waals surface area contributed by atoms with Gasteiger partial charge in [-0.15, -0.1) is 23.5 Å². The van der Waals surface area contributed by atoms with Crippen molar-refractivity contribution in [2.45, 2.75) is 288 Å². The molecular formula is C59H102O6S2. The third-order valence-corrected chi connectivity index (χ3v) is 16.2. The number of carboxylic acid groups (broad SMARTS) is 2. The van der Waals surface area contributed by atoms with Crippen LogP contribution in [0.25, 0.3) is 0 Å². The molecule has 0 heterocycles. The zero-order valence-electron chi connectivity index (χ0n) is 45.0. The number of hydrogen-bond donors (Lipinski definition) is 4. The van der Waals surface area contributed by atoms with Crippen LogP contribution in [-0.2, 0) is 31.9 Å².